The highest BCUT2D eigenvalue weighted by molar-refractivity contribution is 7.17. The number of nitrogens with zero attached hydrogens (tertiary/aromatic N) is 3. The molecule has 1 aliphatic heterocycles. The van der Waals surface area contributed by atoms with Crippen LogP contribution in [0.3, 0.4) is 0 Å². The Labute approximate surface area is 192 Å². The Kier molecular flexibility index (Phi) is 6.48. The number of carbonyl (C=O) groups excluding carboxylic acids is 2. The first-order chi connectivity index (χ1) is 15.2. The predicted molar refractivity (Wildman–Crippen MR) is 125 cm³/mol. The monoisotopic (exact) mass is 457 g/mol. The number of aromatic nitrogens is 2. The molecular weight excluding hydrogens is 426 g/mol. The van der Waals surface area contributed by atoms with E-state index in [2.05, 4.69) is 20.6 Å². The highest BCUT2D eigenvalue weighted by Crippen LogP contribution is 2.35. The third-order valence-corrected chi connectivity index (χ3v) is 7.27. The highest BCUT2D eigenvalue weighted by atomic mass is 32.1. The van der Waals surface area contributed by atoms with Gasteiger partial charge in [0.15, 0.2) is 5.01 Å². The molecule has 3 heterocycles. The number of anilines is 1. The molecule has 0 bridgehead atoms. The van der Waals surface area contributed by atoms with Crippen molar-refractivity contribution in [2.24, 2.45) is 0 Å². The van der Waals surface area contributed by atoms with Crippen LogP contribution in [-0.2, 0) is 0 Å². The van der Waals surface area contributed by atoms with Gasteiger partial charge in [0.05, 0.1) is 17.0 Å². The zero-order chi connectivity index (χ0) is 23.0. The molecule has 2 fully saturated rings. The second-order valence-electron chi connectivity index (χ2n) is 9.09. The maximum atomic E-state index is 13.4. The number of hydrogen-bond acceptors (Lipinski definition) is 7. The van der Waals surface area contributed by atoms with Crippen molar-refractivity contribution in [3.63, 3.8) is 0 Å². The Morgan fingerprint density at radius 3 is 2.62 bits per heavy atom. The fourth-order valence-electron chi connectivity index (χ4n) is 4.17. The van der Waals surface area contributed by atoms with E-state index >= 15 is 0 Å². The van der Waals surface area contributed by atoms with Crippen molar-refractivity contribution in [2.75, 3.05) is 11.9 Å². The Bertz CT molecular complexity index is 1020. The van der Waals surface area contributed by atoms with Crippen LogP contribution in [0.2, 0.25) is 0 Å². The Hall–Kier alpha value is -2.52. The summed E-state index contributed by atoms with van der Waals surface area (Å²) in [7, 11) is 0. The number of thiazole rings is 1. The third-order valence-electron chi connectivity index (χ3n) is 6.18. The van der Waals surface area contributed by atoms with E-state index in [4.69, 9.17) is 0 Å². The van der Waals surface area contributed by atoms with Gasteiger partial charge >= 0.3 is 0 Å². The molecule has 0 unspecified atom stereocenters. The average molecular weight is 458 g/mol. The van der Waals surface area contributed by atoms with Gasteiger partial charge in [-0.1, -0.05) is 0 Å². The second kappa shape index (κ2) is 9.15. The molecule has 0 aromatic carbocycles. The summed E-state index contributed by atoms with van der Waals surface area (Å²) in [6.07, 6.45) is 4.60. The largest absolute Gasteiger partial charge is 0.391 e. The van der Waals surface area contributed by atoms with Gasteiger partial charge in [-0.2, -0.15) is 0 Å². The first kappa shape index (κ1) is 22.7. The quantitative estimate of drug-likeness (QED) is 0.615. The van der Waals surface area contributed by atoms with Gasteiger partial charge in [-0.25, -0.2) is 9.97 Å². The van der Waals surface area contributed by atoms with Crippen LogP contribution in [0.5, 0.6) is 0 Å². The summed E-state index contributed by atoms with van der Waals surface area (Å²) in [4.78, 5) is 37.8. The Morgan fingerprint density at radius 2 is 2.06 bits per heavy atom. The van der Waals surface area contributed by atoms with Crippen molar-refractivity contribution >= 4 is 29.0 Å². The molecule has 2 aliphatic rings. The number of aliphatic hydroxyl groups is 1. The standard InChI is InChI=1S/C23H31N5O3S/c1-12(2)25-18-10-13(3)15(11-24-18)20-19(23(31)28-9-5-6-14(28)4)27-22(32-20)21(30)26-16-7-8-17(16)29/h10-12,14,16-17,29H,5-9H2,1-4H3,(H,24,25)(H,26,30)/t14-,16-,17-/m0/s1. The summed E-state index contributed by atoms with van der Waals surface area (Å²) in [6, 6.07) is 2.10. The molecule has 0 spiro atoms. The fourth-order valence-corrected chi connectivity index (χ4v) is 5.20. The van der Waals surface area contributed by atoms with E-state index in [-0.39, 0.29) is 34.9 Å². The molecule has 9 heteroatoms. The molecule has 1 saturated heterocycles. The lowest BCUT2D eigenvalue weighted by Crippen LogP contribution is -2.50. The first-order valence-electron chi connectivity index (χ1n) is 11.3. The number of rotatable bonds is 6. The van der Waals surface area contributed by atoms with E-state index in [9.17, 15) is 14.7 Å². The summed E-state index contributed by atoms with van der Waals surface area (Å²) in [5.74, 6) is 0.272. The first-order valence-corrected chi connectivity index (χ1v) is 12.1. The van der Waals surface area contributed by atoms with E-state index in [0.717, 1.165) is 36.2 Å². The van der Waals surface area contributed by atoms with Gasteiger partial charge in [0.1, 0.15) is 11.5 Å². The maximum absolute atomic E-state index is 13.4. The van der Waals surface area contributed by atoms with Crippen LogP contribution in [0, 0.1) is 6.92 Å². The lowest BCUT2D eigenvalue weighted by Gasteiger charge is -2.32. The van der Waals surface area contributed by atoms with Crippen LogP contribution in [-0.4, -0.2) is 62.6 Å². The lowest BCUT2D eigenvalue weighted by molar-refractivity contribution is 0.0447. The van der Waals surface area contributed by atoms with Gasteiger partial charge in [0.25, 0.3) is 11.8 Å². The zero-order valence-electron chi connectivity index (χ0n) is 19.0. The molecule has 0 radical (unpaired) electrons. The molecule has 8 nitrogen and oxygen atoms in total. The molecule has 172 valence electrons. The highest BCUT2D eigenvalue weighted by Gasteiger charge is 2.34. The second-order valence-corrected chi connectivity index (χ2v) is 10.1. The van der Waals surface area contributed by atoms with E-state index in [1.165, 1.54) is 11.3 Å². The fraction of sp³-hybridized carbons (Fsp3) is 0.565. The van der Waals surface area contributed by atoms with Crippen molar-refractivity contribution in [1.29, 1.82) is 0 Å². The summed E-state index contributed by atoms with van der Waals surface area (Å²) in [5.41, 5.74) is 2.06. The molecule has 2 aromatic rings. The molecule has 3 N–H and O–H groups in total. The molecule has 2 aromatic heterocycles. The maximum Gasteiger partial charge on any atom is 0.280 e. The molecule has 1 aliphatic carbocycles. The molecule has 32 heavy (non-hydrogen) atoms. The van der Waals surface area contributed by atoms with Crippen molar-refractivity contribution in [2.45, 2.75) is 77.6 Å². The normalized spacial score (nSPS) is 22.7. The summed E-state index contributed by atoms with van der Waals surface area (Å²) >= 11 is 1.21. The number of amides is 2. The Balaban J connectivity index is 1.70. The molecule has 3 atom stereocenters. The third kappa shape index (κ3) is 4.49. The molecular formula is C23H31N5O3S. The minimum Gasteiger partial charge on any atom is -0.391 e. The van der Waals surface area contributed by atoms with Gasteiger partial charge in [0.2, 0.25) is 0 Å². The van der Waals surface area contributed by atoms with Crippen LogP contribution >= 0.6 is 11.3 Å². The topological polar surface area (TPSA) is 107 Å². The number of pyridine rings is 1. The van der Waals surface area contributed by atoms with Crippen molar-refractivity contribution < 1.29 is 14.7 Å². The van der Waals surface area contributed by atoms with Crippen LogP contribution in [0.15, 0.2) is 12.3 Å². The van der Waals surface area contributed by atoms with E-state index in [0.29, 0.717) is 23.5 Å². The molecule has 1 saturated carbocycles. The summed E-state index contributed by atoms with van der Waals surface area (Å²) < 4.78 is 0. The smallest absolute Gasteiger partial charge is 0.280 e. The van der Waals surface area contributed by atoms with Crippen molar-refractivity contribution in [3.8, 4) is 10.4 Å². The molecule has 2 amide bonds. The zero-order valence-corrected chi connectivity index (χ0v) is 19.8. The van der Waals surface area contributed by atoms with Crippen molar-refractivity contribution in [3.05, 3.63) is 28.5 Å². The van der Waals surface area contributed by atoms with Crippen LogP contribution < -0.4 is 10.6 Å². The summed E-state index contributed by atoms with van der Waals surface area (Å²) in [6.45, 7) is 8.81. The number of nitrogens with one attached hydrogen (secondary N) is 2. The number of aryl methyl sites for hydroxylation is 1. The number of likely N-dealkylation sites (tertiary alicyclic amines) is 1. The van der Waals surface area contributed by atoms with Crippen LogP contribution in [0.1, 0.15) is 72.3 Å². The van der Waals surface area contributed by atoms with Gasteiger partial charge in [-0.05, 0) is 65.0 Å². The van der Waals surface area contributed by atoms with Gasteiger partial charge in [-0.3, -0.25) is 9.59 Å². The molecule has 4 rings (SSSR count). The summed E-state index contributed by atoms with van der Waals surface area (Å²) in [5, 5.41) is 16.2. The van der Waals surface area contributed by atoms with Gasteiger partial charge in [-0.15, -0.1) is 11.3 Å². The van der Waals surface area contributed by atoms with Crippen LogP contribution in [0.4, 0.5) is 5.82 Å². The van der Waals surface area contributed by atoms with Gasteiger partial charge in [0, 0.05) is 30.4 Å². The number of carbonyl (C=O) groups is 2. The van der Waals surface area contributed by atoms with Gasteiger partial charge < -0.3 is 20.6 Å². The van der Waals surface area contributed by atoms with Crippen molar-refractivity contribution in [1.82, 2.24) is 20.2 Å². The van der Waals surface area contributed by atoms with E-state index in [1.807, 2.05) is 38.7 Å². The lowest BCUT2D eigenvalue weighted by atomic mass is 9.89. The predicted octanol–water partition coefficient (Wildman–Crippen LogP) is 3.21. The van der Waals surface area contributed by atoms with E-state index < -0.39 is 6.10 Å². The van der Waals surface area contributed by atoms with E-state index in [1.54, 1.807) is 6.20 Å². The Morgan fingerprint density at radius 1 is 1.28 bits per heavy atom. The minimum atomic E-state index is -0.516. The number of hydrogen-bond donors (Lipinski definition) is 3. The average Bonchev–Trinajstić information content (AvgIpc) is 3.36. The van der Waals surface area contributed by atoms with Crippen LogP contribution in [0.25, 0.3) is 10.4 Å². The minimum absolute atomic E-state index is 0.146. The number of aliphatic hydroxyl groups excluding tert-OH is 1. The SMILES string of the molecule is Cc1cc(NC(C)C)ncc1-c1sc(C(=O)N[C@H]2CC[C@@H]2O)nc1C(=O)N1CCC[C@@H]1C.